The Kier molecular flexibility index (Phi) is 4.10. The first-order chi connectivity index (χ1) is 12.4. The molecule has 140 valence electrons. The minimum absolute atomic E-state index is 0.0833. The van der Waals surface area contributed by atoms with Gasteiger partial charge in [0.05, 0.1) is 19.1 Å². The third-order valence-electron chi connectivity index (χ3n) is 6.59. The Hall–Kier alpha value is -1.88. The number of esters is 1. The maximum atomic E-state index is 12.8. The third-order valence-corrected chi connectivity index (χ3v) is 6.59. The van der Waals surface area contributed by atoms with E-state index in [4.69, 9.17) is 9.47 Å². The van der Waals surface area contributed by atoms with E-state index < -0.39 is 11.0 Å². The molecule has 0 radical (unpaired) electrons. The fourth-order valence-corrected chi connectivity index (χ4v) is 5.15. The largest absolute Gasteiger partial charge is 0.469 e. The summed E-state index contributed by atoms with van der Waals surface area (Å²) in [6.45, 7) is 5.42. The van der Waals surface area contributed by atoms with Gasteiger partial charge in [-0.15, -0.1) is 0 Å². The Labute approximate surface area is 154 Å². The predicted molar refractivity (Wildman–Crippen MR) is 96.8 cm³/mol. The van der Waals surface area contributed by atoms with Crippen molar-refractivity contribution in [2.75, 3.05) is 20.3 Å². The van der Waals surface area contributed by atoms with Crippen LogP contribution in [0.2, 0.25) is 0 Å². The molecule has 1 amide bonds. The van der Waals surface area contributed by atoms with Crippen LogP contribution in [0.4, 0.5) is 0 Å². The summed E-state index contributed by atoms with van der Waals surface area (Å²) < 4.78 is 10.6. The van der Waals surface area contributed by atoms with Crippen LogP contribution < -0.4 is 5.32 Å². The van der Waals surface area contributed by atoms with Gasteiger partial charge in [0.15, 0.2) is 0 Å². The Bertz CT molecular complexity index is 735. The van der Waals surface area contributed by atoms with Crippen LogP contribution in [-0.4, -0.2) is 37.7 Å². The van der Waals surface area contributed by atoms with E-state index in [2.05, 4.69) is 43.4 Å². The lowest BCUT2D eigenvalue weighted by atomic mass is 9.62. The molecule has 4 aliphatic rings. The first-order valence-electron chi connectivity index (χ1n) is 9.50. The number of nitrogens with one attached hydrogen (secondary N) is 1. The molecular formula is C21H27NO4. The smallest absolute Gasteiger partial charge is 0.314 e. The molecule has 2 bridgehead atoms. The molecule has 2 aliphatic heterocycles. The predicted octanol–water partition coefficient (Wildman–Crippen LogP) is 2.75. The average molecular weight is 357 g/mol. The number of hydrogen-bond donors (Lipinski definition) is 1. The summed E-state index contributed by atoms with van der Waals surface area (Å²) in [5.41, 5.74) is 1.35. The van der Waals surface area contributed by atoms with Gasteiger partial charge < -0.3 is 14.8 Å². The molecule has 1 aromatic rings. The molecule has 3 fully saturated rings. The van der Waals surface area contributed by atoms with E-state index in [1.54, 1.807) is 0 Å². The second-order valence-corrected chi connectivity index (χ2v) is 8.53. The van der Waals surface area contributed by atoms with Crippen LogP contribution in [0, 0.1) is 11.3 Å². The van der Waals surface area contributed by atoms with Crippen LogP contribution in [0.3, 0.4) is 0 Å². The van der Waals surface area contributed by atoms with Gasteiger partial charge in [-0.1, -0.05) is 38.1 Å². The summed E-state index contributed by atoms with van der Waals surface area (Å²) in [6, 6.07) is 8.58. The van der Waals surface area contributed by atoms with Crippen molar-refractivity contribution in [2.45, 2.75) is 50.5 Å². The lowest BCUT2D eigenvalue weighted by molar-refractivity contribution is -0.161. The molecule has 1 saturated carbocycles. The van der Waals surface area contributed by atoms with Crippen molar-refractivity contribution in [1.29, 1.82) is 0 Å². The van der Waals surface area contributed by atoms with Crippen molar-refractivity contribution < 1.29 is 19.1 Å². The number of ether oxygens (including phenoxy) is 2. The molecule has 1 aromatic carbocycles. The molecule has 0 spiro atoms. The number of fused-ring (bicyclic) bond motifs is 2. The molecule has 2 saturated heterocycles. The highest BCUT2D eigenvalue weighted by Crippen LogP contribution is 2.58. The highest BCUT2D eigenvalue weighted by Gasteiger charge is 2.70. The molecule has 0 unspecified atom stereocenters. The van der Waals surface area contributed by atoms with Crippen molar-refractivity contribution in [3.8, 4) is 0 Å². The fraction of sp³-hybridized carbons (Fsp3) is 0.619. The summed E-state index contributed by atoms with van der Waals surface area (Å²) in [4.78, 5) is 24.7. The normalized spacial score (nSPS) is 34.3. The number of carbonyl (C=O) groups excluding carboxylic acids is 2. The third kappa shape index (κ3) is 2.48. The number of methoxy groups -OCH3 is 1. The van der Waals surface area contributed by atoms with E-state index in [1.165, 1.54) is 18.2 Å². The van der Waals surface area contributed by atoms with Crippen LogP contribution in [0.25, 0.3) is 0 Å². The summed E-state index contributed by atoms with van der Waals surface area (Å²) >= 11 is 0. The SMILES string of the molecule is COC(=O)C12COC(C(=O)NC[C@@H]3C[C@H](C(C)C)c4ccccc43)(C1)C2. The number of benzene rings is 1. The van der Waals surface area contributed by atoms with Gasteiger partial charge in [-0.05, 0) is 29.4 Å². The van der Waals surface area contributed by atoms with Gasteiger partial charge in [-0.2, -0.15) is 0 Å². The van der Waals surface area contributed by atoms with E-state index in [1.807, 2.05) is 0 Å². The topological polar surface area (TPSA) is 64.6 Å². The first-order valence-corrected chi connectivity index (χ1v) is 9.50. The zero-order chi connectivity index (χ0) is 18.5. The number of amides is 1. The van der Waals surface area contributed by atoms with Crippen LogP contribution in [0.5, 0.6) is 0 Å². The van der Waals surface area contributed by atoms with E-state index in [-0.39, 0.29) is 18.5 Å². The van der Waals surface area contributed by atoms with Crippen LogP contribution in [-0.2, 0) is 19.1 Å². The van der Waals surface area contributed by atoms with Crippen molar-refractivity contribution in [3.05, 3.63) is 35.4 Å². The van der Waals surface area contributed by atoms with E-state index in [9.17, 15) is 9.59 Å². The highest BCUT2D eigenvalue weighted by molar-refractivity contribution is 5.92. The minimum Gasteiger partial charge on any atom is -0.469 e. The van der Waals surface area contributed by atoms with E-state index in [0.29, 0.717) is 37.1 Å². The van der Waals surface area contributed by atoms with Gasteiger partial charge in [-0.3, -0.25) is 9.59 Å². The Morgan fingerprint density at radius 2 is 1.96 bits per heavy atom. The zero-order valence-electron chi connectivity index (χ0n) is 15.7. The highest BCUT2D eigenvalue weighted by atomic mass is 16.5. The number of hydrogen-bond acceptors (Lipinski definition) is 4. The van der Waals surface area contributed by atoms with Gasteiger partial charge >= 0.3 is 5.97 Å². The summed E-state index contributed by atoms with van der Waals surface area (Å²) in [5.74, 6) is 1.12. The van der Waals surface area contributed by atoms with Crippen molar-refractivity contribution in [3.63, 3.8) is 0 Å². The molecular weight excluding hydrogens is 330 g/mol. The first kappa shape index (κ1) is 17.5. The van der Waals surface area contributed by atoms with Gasteiger partial charge in [0.1, 0.15) is 5.60 Å². The van der Waals surface area contributed by atoms with Crippen LogP contribution in [0.1, 0.15) is 56.1 Å². The maximum Gasteiger partial charge on any atom is 0.314 e. The Balaban J connectivity index is 1.40. The Morgan fingerprint density at radius 1 is 1.27 bits per heavy atom. The standard InChI is InChI=1S/C21H27NO4/c1-13(2)17-8-14(15-6-4-5-7-16(15)17)9-22-18(23)21-10-20(11-21,12-26-21)19(24)25-3/h4-7,13-14,17H,8-12H2,1-3H3,(H,22,23)/t14-,17+,20?,21?/m0/s1. The fourth-order valence-electron chi connectivity index (χ4n) is 5.15. The summed E-state index contributed by atoms with van der Waals surface area (Å²) in [6.07, 6.45) is 1.94. The monoisotopic (exact) mass is 357 g/mol. The number of rotatable bonds is 5. The molecule has 26 heavy (non-hydrogen) atoms. The lowest BCUT2D eigenvalue weighted by Gasteiger charge is -2.41. The summed E-state index contributed by atoms with van der Waals surface area (Å²) in [7, 11) is 1.39. The Morgan fingerprint density at radius 3 is 2.62 bits per heavy atom. The molecule has 1 N–H and O–H groups in total. The molecule has 5 heteroatoms. The summed E-state index contributed by atoms with van der Waals surface area (Å²) in [5, 5.41) is 3.10. The molecule has 5 nitrogen and oxygen atoms in total. The van der Waals surface area contributed by atoms with E-state index >= 15 is 0 Å². The molecule has 2 aliphatic carbocycles. The second-order valence-electron chi connectivity index (χ2n) is 8.53. The van der Waals surface area contributed by atoms with Gasteiger partial charge in [-0.25, -0.2) is 0 Å². The quantitative estimate of drug-likeness (QED) is 0.823. The minimum atomic E-state index is -0.830. The molecule has 2 atom stereocenters. The molecule has 5 rings (SSSR count). The van der Waals surface area contributed by atoms with Gasteiger partial charge in [0.25, 0.3) is 5.91 Å². The van der Waals surface area contributed by atoms with Gasteiger partial charge in [0.2, 0.25) is 0 Å². The van der Waals surface area contributed by atoms with Crippen molar-refractivity contribution in [2.24, 2.45) is 11.3 Å². The van der Waals surface area contributed by atoms with Crippen LogP contribution >= 0.6 is 0 Å². The van der Waals surface area contributed by atoms with Gasteiger partial charge in [0, 0.05) is 25.3 Å². The molecule has 0 aromatic heterocycles. The second kappa shape index (κ2) is 6.08. The number of carbonyl (C=O) groups is 2. The van der Waals surface area contributed by atoms with Crippen molar-refractivity contribution >= 4 is 11.9 Å². The average Bonchev–Trinajstić information content (AvgIpc) is 3.29. The van der Waals surface area contributed by atoms with Crippen molar-refractivity contribution in [1.82, 2.24) is 5.32 Å². The maximum absolute atomic E-state index is 12.8. The lowest BCUT2D eigenvalue weighted by Crippen LogP contribution is -2.57. The van der Waals surface area contributed by atoms with Crippen LogP contribution in [0.15, 0.2) is 24.3 Å². The zero-order valence-corrected chi connectivity index (χ0v) is 15.7. The van der Waals surface area contributed by atoms with E-state index in [0.717, 1.165) is 6.42 Å². The molecule has 2 heterocycles.